The maximum atomic E-state index is 14.6. The normalized spacial score (nSPS) is 23.4. The van der Waals surface area contributed by atoms with E-state index in [2.05, 4.69) is 35.0 Å². The van der Waals surface area contributed by atoms with Gasteiger partial charge < -0.3 is 15.0 Å². The van der Waals surface area contributed by atoms with Gasteiger partial charge >= 0.3 is 0 Å². The van der Waals surface area contributed by atoms with Gasteiger partial charge in [0.1, 0.15) is 5.75 Å². The number of carbonyl (C=O) groups excluding carboxylic acids is 1. The lowest BCUT2D eigenvalue weighted by atomic mass is 9.94. The summed E-state index contributed by atoms with van der Waals surface area (Å²) in [5, 5.41) is 12.2. The van der Waals surface area contributed by atoms with Gasteiger partial charge in [0, 0.05) is 41.8 Å². The van der Waals surface area contributed by atoms with Gasteiger partial charge in [-0.1, -0.05) is 66.5 Å². The van der Waals surface area contributed by atoms with Gasteiger partial charge in [0.15, 0.2) is 5.66 Å². The highest BCUT2D eigenvalue weighted by Crippen LogP contribution is 2.44. The number of nitrogens with zero attached hydrogens (tertiary/aromatic N) is 1. The van der Waals surface area contributed by atoms with Gasteiger partial charge in [0.05, 0.1) is 18.7 Å². The van der Waals surface area contributed by atoms with Crippen molar-refractivity contribution >= 4 is 29.1 Å². The molecule has 0 aliphatic carbocycles. The predicted molar refractivity (Wildman–Crippen MR) is 153 cm³/mol. The zero-order valence-corrected chi connectivity index (χ0v) is 23.3. The second-order valence-corrected chi connectivity index (χ2v) is 10.6. The number of aryl methyl sites for hydroxylation is 1. The van der Waals surface area contributed by atoms with E-state index in [-0.39, 0.29) is 18.0 Å². The van der Waals surface area contributed by atoms with Crippen LogP contribution in [-0.4, -0.2) is 43.6 Å². The molecule has 38 heavy (non-hydrogen) atoms. The van der Waals surface area contributed by atoms with Crippen molar-refractivity contribution in [2.75, 3.05) is 32.8 Å². The topological polar surface area (TPSA) is 65.6 Å². The minimum Gasteiger partial charge on any atom is -0.493 e. The van der Waals surface area contributed by atoms with Crippen LogP contribution in [0.2, 0.25) is 10.0 Å². The van der Waals surface area contributed by atoms with Gasteiger partial charge in [0.25, 0.3) is 5.91 Å². The van der Waals surface area contributed by atoms with Crippen molar-refractivity contribution in [2.24, 2.45) is 0 Å². The Labute approximate surface area is 234 Å². The number of benzene rings is 3. The summed E-state index contributed by atoms with van der Waals surface area (Å²) >= 11 is 12.5. The predicted octanol–water partition coefficient (Wildman–Crippen LogP) is 5.21. The monoisotopic (exact) mass is 552 g/mol. The molecule has 6 nitrogen and oxygen atoms in total. The van der Waals surface area contributed by atoms with Gasteiger partial charge in [-0.25, -0.2) is 0 Å². The molecule has 0 radical (unpaired) electrons. The number of hydrogen-bond donors (Lipinski definition) is 3. The summed E-state index contributed by atoms with van der Waals surface area (Å²) in [4.78, 5) is 16.5. The van der Waals surface area contributed by atoms with E-state index < -0.39 is 5.66 Å². The highest BCUT2D eigenvalue weighted by atomic mass is 35.5. The van der Waals surface area contributed by atoms with E-state index in [1.807, 2.05) is 66.4 Å². The molecule has 2 atom stereocenters. The third-order valence-electron chi connectivity index (χ3n) is 7.42. The van der Waals surface area contributed by atoms with Gasteiger partial charge in [-0.2, -0.15) is 0 Å². The Morgan fingerprint density at radius 3 is 1.95 bits per heavy atom. The fourth-order valence-corrected chi connectivity index (χ4v) is 5.69. The molecule has 0 bridgehead atoms. The number of piperazine rings is 1. The number of rotatable bonds is 7. The fraction of sp³-hybridized carbons (Fsp3) is 0.367. The smallest absolute Gasteiger partial charge is 0.262 e. The number of hydrogen-bond acceptors (Lipinski definition) is 5. The molecule has 0 saturated carbocycles. The van der Waals surface area contributed by atoms with Gasteiger partial charge in [-0.05, 0) is 60.4 Å². The molecule has 2 unspecified atom stereocenters. The van der Waals surface area contributed by atoms with Crippen LogP contribution in [0.5, 0.6) is 5.75 Å². The number of ether oxygens (including phenoxy) is 1. The van der Waals surface area contributed by atoms with Crippen LogP contribution >= 0.6 is 23.2 Å². The molecule has 0 spiro atoms. The maximum Gasteiger partial charge on any atom is 0.262 e. The van der Waals surface area contributed by atoms with E-state index >= 15 is 0 Å². The summed E-state index contributed by atoms with van der Waals surface area (Å²) in [6, 6.07) is 21.3. The molecule has 5 rings (SSSR count). The summed E-state index contributed by atoms with van der Waals surface area (Å²) in [5.41, 5.74) is 2.79. The summed E-state index contributed by atoms with van der Waals surface area (Å²) < 4.78 is 6.17. The summed E-state index contributed by atoms with van der Waals surface area (Å²) in [6.45, 7) is 7.38. The molecule has 2 heterocycles. The van der Waals surface area contributed by atoms with Crippen LogP contribution < -0.4 is 20.7 Å². The lowest BCUT2D eigenvalue weighted by Crippen LogP contribution is -2.61. The molecular formula is C30H34Cl2N4O2. The maximum absolute atomic E-state index is 14.6. The lowest BCUT2D eigenvalue weighted by molar-refractivity contribution is -0.140. The molecule has 2 aliphatic heterocycles. The summed E-state index contributed by atoms with van der Waals surface area (Å²) in [5.74, 6) is 0.696. The quantitative estimate of drug-likeness (QED) is 0.375. The first-order chi connectivity index (χ1) is 18.4. The Kier molecular flexibility index (Phi) is 8.26. The Bertz CT molecular complexity index is 1210. The zero-order chi connectivity index (χ0) is 26.7. The summed E-state index contributed by atoms with van der Waals surface area (Å²) in [6.07, 6.45) is 0.876. The van der Waals surface area contributed by atoms with Crippen molar-refractivity contribution < 1.29 is 9.53 Å². The third kappa shape index (κ3) is 5.29. The number of nitrogens with one attached hydrogen (secondary N) is 3. The Hall–Kier alpha value is -2.61. The van der Waals surface area contributed by atoms with E-state index in [0.29, 0.717) is 35.5 Å². The minimum absolute atomic E-state index is 0.0142. The van der Waals surface area contributed by atoms with Gasteiger partial charge in [-0.15, -0.1) is 0 Å². The van der Waals surface area contributed by atoms with Crippen LogP contribution in [0.4, 0.5) is 0 Å². The first-order valence-electron chi connectivity index (χ1n) is 13.3. The van der Waals surface area contributed by atoms with Crippen LogP contribution in [0.3, 0.4) is 0 Å². The third-order valence-corrected chi connectivity index (χ3v) is 7.92. The molecular weight excluding hydrogens is 519 g/mol. The van der Waals surface area contributed by atoms with Crippen molar-refractivity contribution in [3.05, 3.63) is 99.0 Å². The second-order valence-electron chi connectivity index (χ2n) is 9.76. The van der Waals surface area contributed by atoms with Crippen LogP contribution in [0.15, 0.2) is 66.7 Å². The summed E-state index contributed by atoms with van der Waals surface area (Å²) in [7, 11) is 0. The number of halogens is 2. The first-order valence-corrected chi connectivity index (χ1v) is 14.0. The van der Waals surface area contributed by atoms with E-state index in [1.165, 1.54) is 0 Å². The average molecular weight is 554 g/mol. The van der Waals surface area contributed by atoms with Crippen LogP contribution in [0.25, 0.3) is 0 Å². The Balaban J connectivity index is 1.68. The van der Waals surface area contributed by atoms with E-state index in [4.69, 9.17) is 27.9 Å². The molecule has 2 fully saturated rings. The standard InChI is InChI=1S/C30H34Cl2N4O2/c1-3-20-5-14-25(26(19-20)38-4-2)30(29(37)36-17-15-33-16-18-36)34-27(21-6-10-23(31)11-7-21)28(35-30)22-8-12-24(32)13-9-22/h5-14,19,27-28,33-35H,3-4,15-18H2,1-2H3. The molecule has 0 aromatic heterocycles. The van der Waals surface area contributed by atoms with Gasteiger partial charge in [-0.3, -0.25) is 15.4 Å². The molecule has 200 valence electrons. The highest BCUT2D eigenvalue weighted by Gasteiger charge is 2.54. The molecule has 3 aromatic carbocycles. The Morgan fingerprint density at radius 1 is 0.895 bits per heavy atom. The van der Waals surface area contributed by atoms with Crippen molar-refractivity contribution in [1.82, 2.24) is 20.9 Å². The molecule has 8 heteroatoms. The number of carbonyl (C=O) groups is 1. The molecule has 2 aliphatic rings. The van der Waals surface area contributed by atoms with Crippen molar-refractivity contribution in [2.45, 2.75) is 38.0 Å². The van der Waals surface area contributed by atoms with Crippen LogP contribution in [-0.2, 0) is 16.9 Å². The number of amides is 1. The highest BCUT2D eigenvalue weighted by molar-refractivity contribution is 6.30. The SMILES string of the molecule is CCOc1cc(CC)ccc1C1(C(=O)N2CCNCC2)NC(c2ccc(Cl)cc2)C(c2ccc(Cl)cc2)N1. The van der Waals surface area contributed by atoms with E-state index in [1.54, 1.807) is 0 Å². The van der Waals surface area contributed by atoms with Crippen molar-refractivity contribution in [3.8, 4) is 5.75 Å². The molecule has 3 aromatic rings. The van der Waals surface area contributed by atoms with E-state index in [0.717, 1.165) is 41.8 Å². The molecule has 1 amide bonds. The second kappa shape index (κ2) is 11.6. The largest absolute Gasteiger partial charge is 0.493 e. The van der Waals surface area contributed by atoms with Crippen molar-refractivity contribution in [1.29, 1.82) is 0 Å². The van der Waals surface area contributed by atoms with Crippen LogP contribution in [0.1, 0.15) is 48.2 Å². The van der Waals surface area contributed by atoms with Crippen molar-refractivity contribution in [3.63, 3.8) is 0 Å². The fourth-order valence-electron chi connectivity index (χ4n) is 5.44. The Morgan fingerprint density at radius 2 is 1.45 bits per heavy atom. The zero-order valence-electron chi connectivity index (χ0n) is 21.8. The lowest BCUT2D eigenvalue weighted by Gasteiger charge is -2.38. The van der Waals surface area contributed by atoms with Gasteiger partial charge in [0.2, 0.25) is 0 Å². The molecule has 3 N–H and O–H groups in total. The van der Waals surface area contributed by atoms with E-state index in [9.17, 15) is 4.79 Å². The average Bonchev–Trinajstić information content (AvgIpc) is 3.35. The van der Waals surface area contributed by atoms with Crippen LogP contribution in [0, 0.1) is 0 Å². The minimum atomic E-state index is -1.21. The molecule has 2 saturated heterocycles. The first kappa shape index (κ1) is 27.0.